The smallest absolute Gasteiger partial charge is 0.265 e. The second-order valence-electron chi connectivity index (χ2n) is 7.98. The van der Waals surface area contributed by atoms with Gasteiger partial charge in [-0.2, -0.15) is 0 Å². The third-order valence-electron chi connectivity index (χ3n) is 5.96. The molecule has 1 saturated heterocycles. The normalized spacial score (nSPS) is 20.9. The summed E-state index contributed by atoms with van der Waals surface area (Å²) < 4.78 is 47.0. The van der Waals surface area contributed by atoms with Gasteiger partial charge in [0.15, 0.2) is 0 Å². The zero-order valence-corrected chi connectivity index (χ0v) is 18.9. The van der Waals surface area contributed by atoms with Crippen LogP contribution in [0, 0.1) is 17.7 Å². The summed E-state index contributed by atoms with van der Waals surface area (Å²) in [6.07, 6.45) is 3.27. The molecule has 4 rings (SSSR count). The molecular weight excluding hydrogens is 459 g/mol. The van der Waals surface area contributed by atoms with Gasteiger partial charge in [-0.05, 0) is 48.7 Å². The second kappa shape index (κ2) is 8.71. The van der Waals surface area contributed by atoms with Gasteiger partial charge in [0.05, 0.1) is 36.2 Å². The minimum absolute atomic E-state index is 0.0143. The lowest BCUT2D eigenvalue weighted by atomic mass is 9.81. The molecule has 7 nitrogen and oxygen atoms in total. The molecule has 0 aromatic heterocycles. The highest BCUT2D eigenvalue weighted by atomic mass is 35.5. The van der Waals surface area contributed by atoms with E-state index in [1.165, 1.54) is 30.2 Å². The Morgan fingerprint density at radius 2 is 1.75 bits per heavy atom. The van der Waals surface area contributed by atoms with Gasteiger partial charge in [0.2, 0.25) is 11.8 Å². The molecule has 2 aromatic rings. The first-order valence-electron chi connectivity index (χ1n) is 10.2. The van der Waals surface area contributed by atoms with Crippen LogP contribution in [0.25, 0.3) is 0 Å². The van der Waals surface area contributed by atoms with E-state index in [4.69, 9.17) is 16.3 Å². The number of nitrogens with zero attached hydrogens (tertiary/aromatic N) is 1. The highest BCUT2D eigenvalue weighted by Gasteiger charge is 2.47. The van der Waals surface area contributed by atoms with Crippen LogP contribution in [-0.2, 0) is 26.2 Å². The Bertz CT molecular complexity index is 1160. The topological polar surface area (TPSA) is 92.8 Å². The molecule has 2 fully saturated rings. The fourth-order valence-electron chi connectivity index (χ4n) is 4.37. The predicted molar refractivity (Wildman–Crippen MR) is 116 cm³/mol. The van der Waals surface area contributed by atoms with Gasteiger partial charge in [0.1, 0.15) is 16.5 Å². The van der Waals surface area contributed by atoms with Crippen LogP contribution in [-0.4, -0.2) is 32.2 Å². The number of imide groups is 1. The minimum atomic E-state index is -4.13. The number of methoxy groups -OCH3 is 1. The van der Waals surface area contributed by atoms with Crippen LogP contribution in [0.4, 0.5) is 10.1 Å². The standard InChI is InChI=1S/C22H22ClFN2O5S/c1-31-19-9-6-13(12-26-21(27)15-4-2-3-5-16(15)22(26)28)10-20(19)32(29,30)25-14-7-8-18(24)17(23)11-14/h6-11,15-16,25H,2-5,12H2,1H3/t15-,16-/m0/s1. The van der Waals surface area contributed by atoms with Crippen molar-refractivity contribution >= 4 is 39.1 Å². The maximum atomic E-state index is 13.4. The molecule has 2 aromatic carbocycles. The van der Waals surface area contributed by atoms with Gasteiger partial charge in [-0.15, -0.1) is 0 Å². The Morgan fingerprint density at radius 1 is 1.09 bits per heavy atom. The van der Waals surface area contributed by atoms with Gasteiger partial charge in [0, 0.05) is 0 Å². The van der Waals surface area contributed by atoms with Gasteiger partial charge in [-0.1, -0.05) is 30.5 Å². The Kier molecular flexibility index (Phi) is 6.13. The summed E-state index contributed by atoms with van der Waals surface area (Å²) in [5, 5.41) is -0.224. The van der Waals surface area contributed by atoms with Crippen LogP contribution >= 0.6 is 11.6 Å². The quantitative estimate of drug-likeness (QED) is 0.632. The summed E-state index contributed by atoms with van der Waals surface area (Å²) in [4.78, 5) is 26.6. The molecular formula is C22H22ClFN2O5S. The first kappa shape index (κ1) is 22.5. The van der Waals surface area contributed by atoms with Crippen molar-refractivity contribution in [2.24, 2.45) is 11.8 Å². The van der Waals surface area contributed by atoms with Crippen molar-refractivity contribution < 1.29 is 27.1 Å². The lowest BCUT2D eigenvalue weighted by Gasteiger charge is -2.19. The van der Waals surface area contributed by atoms with E-state index in [0.717, 1.165) is 25.0 Å². The number of hydrogen-bond donors (Lipinski definition) is 1. The van der Waals surface area contributed by atoms with E-state index in [2.05, 4.69) is 4.72 Å². The van der Waals surface area contributed by atoms with E-state index in [1.54, 1.807) is 6.07 Å². The molecule has 1 saturated carbocycles. The zero-order valence-electron chi connectivity index (χ0n) is 17.3. The van der Waals surface area contributed by atoms with Gasteiger partial charge in [0.25, 0.3) is 10.0 Å². The average molecular weight is 481 g/mol. The van der Waals surface area contributed by atoms with Crippen LogP contribution in [0.1, 0.15) is 31.2 Å². The third kappa shape index (κ3) is 4.19. The first-order valence-corrected chi connectivity index (χ1v) is 12.1. The summed E-state index contributed by atoms with van der Waals surface area (Å²) in [7, 11) is -2.80. The molecule has 2 atom stereocenters. The molecule has 0 radical (unpaired) electrons. The van der Waals surface area contributed by atoms with Crippen LogP contribution in [0.15, 0.2) is 41.3 Å². The number of hydrogen-bond acceptors (Lipinski definition) is 5. The Morgan fingerprint density at radius 3 is 2.34 bits per heavy atom. The number of ether oxygens (including phenoxy) is 1. The van der Waals surface area contributed by atoms with E-state index < -0.39 is 15.8 Å². The molecule has 1 heterocycles. The number of rotatable bonds is 6. The number of anilines is 1. The van der Waals surface area contributed by atoms with Crippen molar-refractivity contribution in [2.45, 2.75) is 37.1 Å². The molecule has 2 aliphatic rings. The monoisotopic (exact) mass is 480 g/mol. The number of sulfonamides is 1. The van der Waals surface area contributed by atoms with Crippen molar-refractivity contribution in [3.8, 4) is 5.75 Å². The van der Waals surface area contributed by atoms with E-state index in [9.17, 15) is 22.4 Å². The molecule has 1 aliphatic carbocycles. The van der Waals surface area contributed by atoms with E-state index in [1.807, 2.05) is 0 Å². The first-order chi connectivity index (χ1) is 15.2. The molecule has 0 bridgehead atoms. The molecule has 170 valence electrons. The minimum Gasteiger partial charge on any atom is -0.495 e. The third-order valence-corrected chi connectivity index (χ3v) is 7.65. The number of carbonyl (C=O) groups excluding carboxylic acids is 2. The van der Waals surface area contributed by atoms with Crippen molar-refractivity contribution in [3.63, 3.8) is 0 Å². The number of benzene rings is 2. The fourth-order valence-corrected chi connectivity index (χ4v) is 5.82. The van der Waals surface area contributed by atoms with Crippen LogP contribution in [0.2, 0.25) is 5.02 Å². The van der Waals surface area contributed by atoms with Gasteiger partial charge in [-0.3, -0.25) is 19.2 Å². The Labute approximate surface area is 190 Å². The maximum Gasteiger partial charge on any atom is 0.265 e. The molecule has 1 N–H and O–H groups in total. The Balaban J connectivity index is 1.62. The van der Waals surface area contributed by atoms with Crippen LogP contribution in [0.5, 0.6) is 5.75 Å². The highest BCUT2D eigenvalue weighted by molar-refractivity contribution is 7.92. The lowest BCUT2D eigenvalue weighted by molar-refractivity contribution is -0.140. The van der Waals surface area contributed by atoms with E-state index >= 15 is 0 Å². The molecule has 0 unspecified atom stereocenters. The molecule has 10 heteroatoms. The summed E-state index contributed by atoms with van der Waals surface area (Å²) in [6, 6.07) is 7.92. The number of fused-ring (bicyclic) bond motifs is 1. The summed E-state index contributed by atoms with van der Waals surface area (Å²) in [5.41, 5.74) is 0.557. The largest absolute Gasteiger partial charge is 0.495 e. The maximum absolute atomic E-state index is 13.4. The van der Waals surface area contributed by atoms with E-state index in [-0.39, 0.29) is 51.5 Å². The second-order valence-corrected chi connectivity index (χ2v) is 10.0. The average Bonchev–Trinajstić information content (AvgIpc) is 3.01. The number of nitrogens with one attached hydrogen (secondary N) is 1. The zero-order chi connectivity index (χ0) is 23.0. The SMILES string of the molecule is COc1ccc(CN2C(=O)[C@H]3CCCC[C@@H]3C2=O)cc1S(=O)(=O)Nc1ccc(F)c(Cl)c1. The summed E-state index contributed by atoms with van der Waals surface area (Å²) >= 11 is 5.74. The Hall–Kier alpha value is -2.65. The number of likely N-dealkylation sites (tertiary alicyclic amines) is 1. The number of carbonyl (C=O) groups is 2. The molecule has 32 heavy (non-hydrogen) atoms. The lowest BCUT2D eigenvalue weighted by Crippen LogP contribution is -2.30. The van der Waals surface area contributed by atoms with Crippen molar-refractivity contribution in [1.82, 2.24) is 4.90 Å². The van der Waals surface area contributed by atoms with E-state index in [0.29, 0.717) is 18.4 Å². The van der Waals surface area contributed by atoms with Crippen molar-refractivity contribution in [2.75, 3.05) is 11.8 Å². The van der Waals surface area contributed by atoms with Crippen LogP contribution in [0.3, 0.4) is 0 Å². The molecule has 2 amide bonds. The number of halogens is 2. The van der Waals surface area contributed by atoms with Crippen molar-refractivity contribution in [1.29, 1.82) is 0 Å². The molecule has 1 aliphatic heterocycles. The fraction of sp³-hybridized carbons (Fsp3) is 0.364. The van der Waals surface area contributed by atoms with Crippen LogP contribution < -0.4 is 9.46 Å². The van der Waals surface area contributed by atoms with Gasteiger partial charge < -0.3 is 4.74 Å². The summed E-state index contributed by atoms with van der Waals surface area (Å²) in [6.45, 7) is -0.0143. The van der Waals surface area contributed by atoms with Gasteiger partial charge in [-0.25, -0.2) is 12.8 Å². The van der Waals surface area contributed by atoms with Crippen molar-refractivity contribution in [3.05, 3.63) is 52.8 Å². The number of amides is 2. The van der Waals surface area contributed by atoms with Gasteiger partial charge >= 0.3 is 0 Å². The highest BCUT2D eigenvalue weighted by Crippen LogP contribution is 2.39. The predicted octanol–water partition coefficient (Wildman–Crippen LogP) is 3.96. The summed E-state index contributed by atoms with van der Waals surface area (Å²) in [5.74, 6) is -1.53. The molecule has 0 spiro atoms.